The van der Waals surface area contributed by atoms with Crippen molar-refractivity contribution in [1.29, 1.82) is 0 Å². The van der Waals surface area contributed by atoms with Gasteiger partial charge in [0.05, 0.1) is 0 Å². The number of aliphatic hydroxyl groups excluding tert-OH is 1. The predicted molar refractivity (Wildman–Crippen MR) is 42.3 cm³/mol. The maximum absolute atomic E-state index is 10.5. The van der Waals surface area contributed by atoms with Gasteiger partial charge in [-0.3, -0.25) is 4.79 Å². The smallest absolute Gasteiger partial charge is 0.254 e. The predicted octanol–water partition coefficient (Wildman–Crippen LogP) is 1.49. The minimum Gasteiger partial charge on any atom is -0.379 e. The number of halogens is 1. The van der Waals surface area contributed by atoms with Gasteiger partial charge in [0.1, 0.15) is 0 Å². The molecule has 1 N–H and O–H groups in total. The highest BCUT2D eigenvalue weighted by atomic mass is 35.5. The van der Waals surface area contributed by atoms with Crippen LogP contribution in [-0.4, -0.2) is 10.3 Å². The molecule has 0 saturated heterocycles. The molecule has 3 heteroatoms. The fourth-order valence-corrected chi connectivity index (χ4v) is 0.892. The van der Waals surface area contributed by atoms with Crippen molar-refractivity contribution in [2.24, 2.45) is 0 Å². The summed E-state index contributed by atoms with van der Waals surface area (Å²) in [6, 6.07) is 8.56. The summed E-state index contributed by atoms with van der Waals surface area (Å²) in [6.07, 6.45) is -1.20. The van der Waals surface area contributed by atoms with Crippen molar-refractivity contribution >= 4 is 16.8 Å². The van der Waals surface area contributed by atoms with Gasteiger partial charge in [0.25, 0.3) is 5.24 Å². The second-order valence-electron chi connectivity index (χ2n) is 2.12. The molecule has 1 aromatic rings. The third-order valence-electron chi connectivity index (χ3n) is 1.33. The van der Waals surface area contributed by atoms with E-state index in [0.717, 1.165) is 0 Å². The highest BCUT2D eigenvalue weighted by molar-refractivity contribution is 6.64. The van der Waals surface area contributed by atoms with Gasteiger partial charge in [-0.2, -0.15) is 0 Å². The van der Waals surface area contributed by atoms with Crippen molar-refractivity contribution in [1.82, 2.24) is 0 Å². The van der Waals surface area contributed by atoms with Crippen LogP contribution in [-0.2, 0) is 4.79 Å². The highest BCUT2D eigenvalue weighted by Crippen LogP contribution is 2.14. The molecule has 1 rings (SSSR count). The van der Waals surface area contributed by atoms with Crippen LogP contribution in [0.15, 0.2) is 30.3 Å². The van der Waals surface area contributed by atoms with E-state index in [0.29, 0.717) is 5.56 Å². The molecule has 1 atom stereocenters. The minimum absolute atomic E-state index is 0.521. The van der Waals surface area contributed by atoms with Crippen LogP contribution < -0.4 is 0 Å². The molecule has 0 heterocycles. The van der Waals surface area contributed by atoms with E-state index in [1.807, 2.05) is 0 Å². The number of aliphatic hydroxyl groups is 1. The molecule has 0 aliphatic rings. The van der Waals surface area contributed by atoms with Crippen molar-refractivity contribution in [3.8, 4) is 0 Å². The number of carbonyl (C=O) groups excluding carboxylic acids is 1. The summed E-state index contributed by atoms with van der Waals surface area (Å²) >= 11 is 5.07. The zero-order chi connectivity index (χ0) is 8.27. The van der Waals surface area contributed by atoms with Crippen LogP contribution in [0.3, 0.4) is 0 Å². The van der Waals surface area contributed by atoms with E-state index >= 15 is 0 Å². The Morgan fingerprint density at radius 2 is 1.91 bits per heavy atom. The van der Waals surface area contributed by atoms with E-state index in [1.54, 1.807) is 30.3 Å². The first-order valence-corrected chi connectivity index (χ1v) is 3.52. The van der Waals surface area contributed by atoms with Crippen LogP contribution in [0.25, 0.3) is 0 Å². The van der Waals surface area contributed by atoms with Gasteiger partial charge < -0.3 is 5.11 Å². The molecule has 0 aliphatic heterocycles. The number of hydrogen-bond acceptors (Lipinski definition) is 2. The zero-order valence-corrected chi connectivity index (χ0v) is 6.45. The molecule has 0 amide bonds. The van der Waals surface area contributed by atoms with Gasteiger partial charge in [-0.25, -0.2) is 0 Å². The van der Waals surface area contributed by atoms with Gasteiger partial charge in [0.2, 0.25) is 0 Å². The molecule has 0 bridgehead atoms. The summed E-state index contributed by atoms with van der Waals surface area (Å²) in [5.41, 5.74) is 0.521. The van der Waals surface area contributed by atoms with E-state index in [9.17, 15) is 4.79 Å². The number of benzene rings is 1. The number of rotatable bonds is 2. The van der Waals surface area contributed by atoms with Gasteiger partial charge in [0, 0.05) is 0 Å². The van der Waals surface area contributed by atoms with Gasteiger partial charge in [-0.05, 0) is 17.2 Å². The van der Waals surface area contributed by atoms with Gasteiger partial charge >= 0.3 is 0 Å². The third kappa shape index (κ3) is 2.03. The molecule has 0 aliphatic carbocycles. The summed E-state index contributed by atoms with van der Waals surface area (Å²) in [7, 11) is 0. The average molecular weight is 171 g/mol. The van der Waals surface area contributed by atoms with E-state index in [2.05, 4.69) is 0 Å². The molecule has 0 fully saturated rings. The first kappa shape index (κ1) is 8.24. The Bertz CT molecular complexity index is 246. The number of carbonyl (C=O) groups is 1. The Balaban J connectivity index is 2.85. The van der Waals surface area contributed by atoms with Crippen LogP contribution >= 0.6 is 11.6 Å². The fraction of sp³-hybridized carbons (Fsp3) is 0.125. The summed E-state index contributed by atoms with van der Waals surface area (Å²) in [4.78, 5) is 10.5. The molecule has 0 spiro atoms. The molecular weight excluding hydrogens is 164 g/mol. The Morgan fingerprint density at radius 1 is 1.36 bits per heavy atom. The molecular formula is C8H7ClO2. The van der Waals surface area contributed by atoms with Crippen LogP contribution in [0.5, 0.6) is 0 Å². The van der Waals surface area contributed by atoms with Crippen LogP contribution in [0.4, 0.5) is 0 Å². The van der Waals surface area contributed by atoms with Crippen molar-refractivity contribution in [3.05, 3.63) is 35.9 Å². The van der Waals surface area contributed by atoms with Crippen molar-refractivity contribution < 1.29 is 9.90 Å². The van der Waals surface area contributed by atoms with E-state index < -0.39 is 11.3 Å². The Kier molecular flexibility index (Phi) is 2.63. The fourth-order valence-electron chi connectivity index (χ4n) is 0.766. The van der Waals surface area contributed by atoms with Gasteiger partial charge in [0.15, 0.2) is 6.10 Å². The maximum atomic E-state index is 10.5. The summed E-state index contributed by atoms with van der Waals surface area (Å²) in [5.74, 6) is 0. The van der Waals surface area contributed by atoms with Gasteiger partial charge in [-0.15, -0.1) is 0 Å². The van der Waals surface area contributed by atoms with E-state index in [1.165, 1.54) is 0 Å². The Labute approximate surface area is 69.4 Å². The molecule has 58 valence electrons. The van der Waals surface area contributed by atoms with Crippen molar-refractivity contribution in [2.75, 3.05) is 0 Å². The molecule has 1 aromatic carbocycles. The molecule has 2 nitrogen and oxygen atoms in total. The number of hydrogen-bond donors (Lipinski definition) is 1. The second kappa shape index (κ2) is 3.51. The Morgan fingerprint density at radius 3 is 2.36 bits per heavy atom. The molecule has 0 aromatic heterocycles. The van der Waals surface area contributed by atoms with Crippen LogP contribution in [0.2, 0.25) is 0 Å². The minimum atomic E-state index is -1.20. The largest absolute Gasteiger partial charge is 0.379 e. The topological polar surface area (TPSA) is 37.3 Å². The Hall–Kier alpha value is -0.860. The van der Waals surface area contributed by atoms with Gasteiger partial charge in [-0.1, -0.05) is 30.3 Å². The molecule has 0 radical (unpaired) electrons. The average Bonchev–Trinajstić information content (AvgIpc) is 2.05. The zero-order valence-electron chi connectivity index (χ0n) is 5.70. The lowest BCUT2D eigenvalue weighted by Gasteiger charge is -2.03. The summed E-state index contributed by atoms with van der Waals surface area (Å²) in [6.45, 7) is 0. The first-order chi connectivity index (χ1) is 5.22. The molecule has 0 saturated carbocycles. The quantitative estimate of drug-likeness (QED) is 0.683. The van der Waals surface area contributed by atoms with E-state index in [4.69, 9.17) is 16.7 Å². The second-order valence-corrected chi connectivity index (χ2v) is 2.49. The normalized spacial score (nSPS) is 12.5. The molecule has 0 unspecified atom stereocenters. The lowest BCUT2D eigenvalue weighted by molar-refractivity contribution is -0.119. The van der Waals surface area contributed by atoms with Crippen LogP contribution in [0, 0.1) is 0 Å². The maximum Gasteiger partial charge on any atom is 0.254 e. The van der Waals surface area contributed by atoms with E-state index in [-0.39, 0.29) is 0 Å². The summed E-state index contributed by atoms with van der Waals surface area (Å²) < 4.78 is 0. The SMILES string of the molecule is O=C(Cl)[C@@H](O)c1ccccc1. The lowest BCUT2D eigenvalue weighted by Crippen LogP contribution is -2.04. The van der Waals surface area contributed by atoms with Crippen LogP contribution in [0.1, 0.15) is 11.7 Å². The third-order valence-corrected chi connectivity index (χ3v) is 1.54. The first-order valence-electron chi connectivity index (χ1n) is 3.14. The summed E-state index contributed by atoms with van der Waals surface area (Å²) in [5, 5.41) is 8.36. The van der Waals surface area contributed by atoms with Crippen molar-refractivity contribution in [3.63, 3.8) is 0 Å². The highest BCUT2D eigenvalue weighted by Gasteiger charge is 2.12. The molecule has 11 heavy (non-hydrogen) atoms. The standard InChI is InChI=1S/C8H7ClO2/c9-8(11)7(10)6-4-2-1-3-5-6/h1-5,7,10H/t7-/m0/s1. The lowest BCUT2D eigenvalue weighted by atomic mass is 10.1. The monoisotopic (exact) mass is 170 g/mol. The van der Waals surface area contributed by atoms with Crippen molar-refractivity contribution in [2.45, 2.75) is 6.10 Å².